The highest BCUT2D eigenvalue weighted by Crippen LogP contribution is 1.84. The molecule has 0 aromatic carbocycles. The molecule has 1 amide bonds. The van der Waals surface area contributed by atoms with Crippen molar-refractivity contribution in [1.82, 2.24) is 0 Å². The van der Waals surface area contributed by atoms with Crippen LogP contribution in [0, 0.1) is 0 Å². The quantitative estimate of drug-likeness (QED) is 0.237. The molecule has 5 nitrogen and oxygen atoms in total. The second-order valence-electron chi connectivity index (χ2n) is 1.75. The fraction of sp³-hybridized carbons (Fsp3) is 0.400. The maximum Gasteiger partial charge on any atom is 0.225 e. The van der Waals surface area contributed by atoms with E-state index < -0.39 is 18.1 Å². The van der Waals surface area contributed by atoms with E-state index in [-0.39, 0.29) is 5.71 Å². The zero-order valence-corrected chi connectivity index (χ0v) is 5.50. The Morgan fingerprint density at radius 1 is 1.60 bits per heavy atom. The lowest BCUT2D eigenvalue weighted by Gasteiger charge is -1.91. The first-order chi connectivity index (χ1) is 4.57. The predicted octanol–water partition coefficient (Wildman–Crippen LogP) is -0.719. The number of amides is 1. The molecule has 0 rings (SSSR count). The largest absolute Gasteiger partial charge is 0.411 e. The van der Waals surface area contributed by atoms with Crippen molar-refractivity contribution in [2.75, 3.05) is 0 Å². The summed E-state index contributed by atoms with van der Waals surface area (Å²) in [7, 11) is 0. The van der Waals surface area contributed by atoms with E-state index in [0.29, 0.717) is 0 Å². The summed E-state index contributed by atoms with van der Waals surface area (Å²) in [5.41, 5.74) is 4.58. The Morgan fingerprint density at radius 3 is 2.40 bits per heavy atom. The zero-order valence-electron chi connectivity index (χ0n) is 5.50. The number of Topliss-reactive ketones (excluding diaryl/α,β-unsaturated/α-hetero) is 1. The first-order valence-corrected chi connectivity index (χ1v) is 2.58. The molecule has 0 aromatic heterocycles. The van der Waals surface area contributed by atoms with Gasteiger partial charge in [0, 0.05) is 0 Å². The Hall–Kier alpha value is -1.39. The molecule has 0 bridgehead atoms. The highest BCUT2D eigenvalue weighted by molar-refractivity contribution is 6.41. The van der Waals surface area contributed by atoms with Crippen LogP contribution in [0.15, 0.2) is 5.16 Å². The summed E-state index contributed by atoms with van der Waals surface area (Å²) in [6.45, 7) is 1.30. The molecule has 0 unspecified atom stereocenters. The summed E-state index contributed by atoms with van der Waals surface area (Å²) < 4.78 is 0. The average molecular weight is 144 g/mol. The lowest BCUT2D eigenvalue weighted by Crippen LogP contribution is -2.20. The Bertz CT molecular complexity index is 185. The van der Waals surface area contributed by atoms with E-state index in [4.69, 9.17) is 5.21 Å². The molecule has 0 atom stereocenters. The Labute approximate surface area is 57.5 Å². The topological polar surface area (TPSA) is 92.8 Å². The van der Waals surface area contributed by atoms with Crippen LogP contribution in [0.25, 0.3) is 0 Å². The van der Waals surface area contributed by atoms with Crippen LogP contribution in [0.3, 0.4) is 0 Å². The fourth-order valence-corrected chi connectivity index (χ4v) is 0.342. The molecule has 0 radical (unpaired) electrons. The lowest BCUT2D eigenvalue weighted by molar-refractivity contribution is -0.123. The lowest BCUT2D eigenvalue weighted by atomic mass is 10.2. The monoisotopic (exact) mass is 144 g/mol. The van der Waals surface area contributed by atoms with Crippen molar-refractivity contribution in [1.29, 1.82) is 0 Å². The minimum atomic E-state index is -0.729. The van der Waals surface area contributed by atoms with E-state index in [1.807, 2.05) is 0 Å². The fourth-order valence-electron chi connectivity index (χ4n) is 0.342. The van der Waals surface area contributed by atoms with Crippen LogP contribution in [-0.4, -0.2) is 22.6 Å². The molecule has 0 fully saturated rings. The number of oxime groups is 1. The van der Waals surface area contributed by atoms with Gasteiger partial charge in [-0.1, -0.05) is 5.16 Å². The summed E-state index contributed by atoms with van der Waals surface area (Å²) in [4.78, 5) is 20.7. The van der Waals surface area contributed by atoms with Crippen molar-refractivity contribution in [3.05, 3.63) is 0 Å². The third-order valence-electron chi connectivity index (χ3n) is 0.888. The van der Waals surface area contributed by atoms with Gasteiger partial charge in [-0.15, -0.1) is 0 Å². The molecule has 0 saturated carbocycles. The van der Waals surface area contributed by atoms with Crippen molar-refractivity contribution >= 4 is 17.4 Å². The molecule has 56 valence electrons. The van der Waals surface area contributed by atoms with E-state index in [9.17, 15) is 9.59 Å². The van der Waals surface area contributed by atoms with Gasteiger partial charge in [0.25, 0.3) is 0 Å². The van der Waals surface area contributed by atoms with Gasteiger partial charge >= 0.3 is 0 Å². The minimum absolute atomic E-state index is 0.112. The molecule has 0 spiro atoms. The first-order valence-electron chi connectivity index (χ1n) is 2.58. The molecular formula is C5H8N2O3. The Balaban J connectivity index is 3.99. The van der Waals surface area contributed by atoms with Crippen LogP contribution in [0.4, 0.5) is 0 Å². The van der Waals surface area contributed by atoms with Crippen LogP contribution >= 0.6 is 0 Å². The van der Waals surface area contributed by atoms with Crippen molar-refractivity contribution in [3.8, 4) is 0 Å². The summed E-state index contributed by atoms with van der Waals surface area (Å²) in [6.07, 6.45) is -0.407. The van der Waals surface area contributed by atoms with E-state index in [0.717, 1.165) is 0 Å². The van der Waals surface area contributed by atoms with Crippen LogP contribution in [0.5, 0.6) is 0 Å². The normalized spacial score (nSPS) is 11.1. The molecule has 0 aliphatic carbocycles. The molecule has 0 saturated heterocycles. The number of rotatable bonds is 3. The van der Waals surface area contributed by atoms with Crippen molar-refractivity contribution < 1.29 is 14.8 Å². The highest BCUT2D eigenvalue weighted by atomic mass is 16.4. The average Bonchev–Trinajstić information content (AvgIpc) is 1.85. The summed E-state index contributed by atoms with van der Waals surface area (Å²) in [6, 6.07) is 0. The van der Waals surface area contributed by atoms with Crippen molar-refractivity contribution in [3.63, 3.8) is 0 Å². The Kier molecular flexibility index (Phi) is 3.10. The summed E-state index contributed by atoms with van der Waals surface area (Å²) >= 11 is 0. The maximum atomic E-state index is 10.6. The first kappa shape index (κ1) is 8.61. The number of carbonyl (C=O) groups excluding carboxylic acids is 2. The number of hydrogen-bond donors (Lipinski definition) is 2. The second-order valence-corrected chi connectivity index (χ2v) is 1.75. The van der Waals surface area contributed by atoms with Crippen molar-refractivity contribution in [2.45, 2.75) is 13.3 Å². The van der Waals surface area contributed by atoms with E-state index >= 15 is 0 Å². The van der Waals surface area contributed by atoms with E-state index in [1.165, 1.54) is 6.92 Å². The molecule has 0 aliphatic heterocycles. The van der Waals surface area contributed by atoms with Gasteiger partial charge in [0.2, 0.25) is 5.91 Å². The highest BCUT2D eigenvalue weighted by Gasteiger charge is 2.08. The number of ketones is 1. The SMILES string of the molecule is C/C(=N/O)C(=O)CC(N)=O. The van der Waals surface area contributed by atoms with Gasteiger partial charge in [-0.3, -0.25) is 9.59 Å². The minimum Gasteiger partial charge on any atom is -0.411 e. The molecular weight excluding hydrogens is 136 g/mol. The number of carbonyl (C=O) groups is 2. The van der Waals surface area contributed by atoms with Gasteiger partial charge in [-0.05, 0) is 6.92 Å². The molecule has 0 aromatic rings. The summed E-state index contributed by atoms with van der Waals surface area (Å²) in [5.74, 6) is -1.29. The van der Waals surface area contributed by atoms with Crippen LogP contribution in [-0.2, 0) is 9.59 Å². The van der Waals surface area contributed by atoms with Gasteiger partial charge in [0.15, 0.2) is 5.78 Å². The van der Waals surface area contributed by atoms with Gasteiger partial charge < -0.3 is 10.9 Å². The molecule has 5 heteroatoms. The number of nitrogens with zero attached hydrogens (tertiary/aromatic N) is 1. The third kappa shape index (κ3) is 2.81. The van der Waals surface area contributed by atoms with Crippen LogP contribution < -0.4 is 5.73 Å². The standard InChI is InChI=1S/C5H8N2O3/c1-3(7-10)4(8)2-5(6)9/h10H,2H2,1H3,(H2,6,9)/b7-3-. The van der Waals surface area contributed by atoms with Gasteiger partial charge in [0.05, 0.1) is 6.42 Å². The predicted molar refractivity (Wildman–Crippen MR) is 33.7 cm³/mol. The zero-order chi connectivity index (χ0) is 8.15. The number of nitrogens with two attached hydrogens (primary N) is 1. The van der Waals surface area contributed by atoms with E-state index in [1.54, 1.807) is 0 Å². The van der Waals surface area contributed by atoms with Crippen molar-refractivity contribution in [2.24, 2.45) is 10.9 Å². The number of hydrogen-bond acceptors (Lipinski definition) is 4. The second kappa shape index (κ2) is 3.60. The smallest absolute Gasteiger partial charge is 0.225 e. The Morgan fingerprint density at radius 2 is 2.10 bits per heavy atom. The maximum absolute atomic E-state index is 10.6. The molecule has 10 heavy (non-hydrogen) atoms. The van der Waals surface area contributed by atoms with Gasteiger partial charge in [-0.25, -0.2) is 0 Å². The van der Waals surface area contributed by atoms with E-state index in [2.05, 4.69) is 10.9 Å². The van der Waals surface area contributed by atoms with Gasteiger partial charge in [0.1, 0.15) is 5.71 Å². The molecule has 0 aliphatic rings. The third-order valence-corrected chi connectivity index (χ3v) is 0.888. The summed E-state index contributed by atoms with van der Waals surface area (Å²) in [5, 5.41) is 10.6. The molecule has 3 N–H and O–H groups in total. The van der Waals surface area contributed by atoms with Crippen LogP contribution in [0.2, 0.25) is 0 Å². The number of primary amides is 1. The van der Waals surface area contributed by atoms with Crippen LogP contribution in [0.1, 0.15) is 13.3 Å². The van der Waals surface area contributed by atoms with Gasteiger partial charge in [-0.2, -0.15) is 0 Å². The molecule has 0 heterocycles.